The van der Waals surface area contributed by atoms with Crippen molar-refractivity contribution in [3.63, 3.8) is 0 Å². The molecule has 0 aliphatic carbocycles. The predicted octanol–water partition coefficient (Wildman–Crippen LogP) is 2.74. The van der Waals surface area contributed by atoms with E-state index in [2.05, 4.69) is 5.32 Å². The first-order valence-corrected chi connectivity index (χ1v) is 10.2. The highest BCUT2D eigenvalue weighted by Crippen LogP contribution is 2.17. The fourth-order valence-electron chi connectivity index (χ4n) is 2.69. The van der Waals surface area contributed by atoms with Crippen LogP contribution in [0, 0.1) is 6.92 Å². The molecule has 0 aliphatic rings. The van der Waals surface area contributed by atoms with Gasteiger partial charge in [0, 0.05) is 23.7 Å². The van der Waals surface area contributed by atoms with Crippen LogP contribution < -0.4 is 11.1 Å². The summed E-state index contributed by atoms with van der Waals surface area (Å²) in [6, 6.07) is 15.1. The second-order valence-electron chi connectivity index (χ2n) is 6.41. The number of oxazole rings is 1. The minimum Gasteiger partial charge on any atom is -0.456 e. The number of fused-ring (bicyclic) bond motifs is 1. The lowest BCUT2D eigenvalue weighted by Crippen LogP contribution is -2.30. The van der Waals surface area contributed by atoms with Crippen molar-refractivity contribution in [2.75, 3.05) is 18.9 Å². The van der Waals surface area contributed by atoms with Gasteiger partial charge in [-0.3, -0.25) is 14.2 Å². The van der Waals surface area contributed by atoms with Crippen LogP contribution in [0.1, 0.15) is 12.0 Å². The van der Waals surface area contributed by atoms with E-state index in [0.717, 1.165) is 10.6 Å². The highest BCUT2D eigenvalue weighted by atomic mass is 32.2. The molecule has 0 saturated heterocycles. The summed E-state index contributed by atoms with van der Waals surface area (Å²) < 4.78 is 11.5. The largest absolute Gasteiger partial charge is 0.456 e. The van der Waals surface area contributed by atoms with E-state index in [0.29, 0.717) is 17.6 Å². The van der Waals surface area contributed by atoms with Crippen LogP contribution >= 0.6 is 11.8 Å². The van der Waals surface area contributed by atoms with Crippen LogP contribution in [0.3, 0.4) is 0 Å². The Morgan fingerprint density at radius 2 is 1.90 bits per heavy atom. The van der Waals surface area contributed by atoms with E-state index in [9.17, 15) is 14.4 Å². The molecule has 8 heteroatoms. The van der Waals surface area contributed by atoms with Crippen molar-refractivity contribution in [1.29, 1.82) is 0 Å². The monoisotopic (exact) mass is 414 g/mol. The van der Waals surface area contributed by atoms with Crippen molar-refractivity contribution in [2.24, 2.45) is 0 Å². The molecule has 1 heterocycles. The van der Waals surface area contributed by atoms with Crippen LogP contribution in [0.15, 0.2) is 62.6 Å². The molecule has 0 unspecified atom stereocenters. The average molecular weight is 414 g/mol. The summed E-state index contributed by atoms with van der Waals surface area (Å²) in [6.45, 7) is 2.30. The molecule has 1 amide bonds. The molecule has 2 aromatic carbocycles. The number of aromatic nitrogens is 1. The number of thioether (sulfide) groups is 1. The van der Waals surface area contributed by atoms with E-state index in [-0.39, 0.29) is 25.5 Å². The van der Waals surface area contributed by atoms with E-state index < -0.39 is 11.7 Å². The number of amides is 1. The zero-order valence-corrected chi connectivity index (χ0v) is 16.9. The summed E-state index contributed by atoms with van der Waals surface area (Å²) in [6.07, 6.45) is -0.0278. The van der Waals surface area contributed by atoms with Gasteiger partial charge in [0.25, 0.3) is 5.91 Å². The normalized spacial score (nSPS) is 10.8. The van der Waals surface area contributed by atoms with Gasteiger partial charge >= 0.3 is 11.7 Å². The standard InChI is InChI=1S/C21H22N2O5S/c1-15-6-8-16(9-7-15)29-13-11-22-19(24)14-27-20(25)10-12-23-17-4-2-3-5-18(17)28-21(23)26/h2-9H,10-14H2,1H3,(H,22,24). The summed E-state index contributed by atoms with van der Waals surface area (Å²) in [7, 11) is 0. The van der Waals surface area contributed by atoms with Gasteiger partial charge in [-0.2, -0.15) is 0 Å². The van der Waals surface area contributed by atoms with Crippen molar-refractivity contribution in [1.82, 2.24) is 9.88 Å². The number of aryl methyl sites for hydroxylation is 2. The maximum atomic E-state index is 11.9. The molecule has 0 spiro atoms. The van der Waals surface area contributed by atoms with E-state index in [4.69, 9.17) is 9.15 Å². The smallest absolute Gasteiger partial charge is 0.419 e. The van der Waals surface area contributed by atoms with Crippen LogP contribution in [0.25, 0.3) is 11.1 Å². The zero-order valence-electron chi connectivity index (χ0n) is 16.1. The molecule has 1 N–H and O–H groups in total. The van der Waals surface area contributed by atoms with Crippen LogP contribution in [0.4, 0.5) is 0 Å². The lowest BCUT2D eigenvalue weighted by Gasteiger charge is -2.07. The van der Waals surface area contributed by atoms with Gasteiger partial charge in [0.05, 0.1) is 11.9 Å². The second-order valence-corrected chi connectivity index (χ2v) is 7.58. The van der Waals surface area contributed by atoms with Gasteiger partial charge in [-0.25, -0.2) is 4.79 Å². The molecule has 0 fully saturated rings. The molecule has 29 heavy (non-hydrogen) atoms. The van der Waals surface area contributed by atoms with Crippen molar-refractivity contribution in [3.05, 3.63) is 64.6 Å². The summed E-state index contributed by atoms with van der Waals surface area (Å²) in [5, 5.41) is 2.72. The number of carbonyl (C=O) groups is 2. The van der Waals surface area contributed by atoms with E-state index in [1.807, 2.05) is 31.2 Å². The minimum absolute atomic E-state index is 0.0278. The van der Waals surface area contributed by atoms with E-state index >= 15 is 0 Å². The fourth-order valence-corrected chi connectivity index (χ4v) is 3.46. The highest BCUT2D eigenvalue weighted by Gasteiger charge is 2.12. The lowest BCUT2D eigenvalue weighted by molar-refractivity contribution is -0.148. The van der Waals surface area contributed by atoms with Gasteiger partial charge < -0.3 is 14.5 Å². The van der Waals surface area contributed by atoms with Crippen molar-refractivity contribution < 1.29 is 18.7 Å². The molecule has 152 valence electrons. The molecule has 1 aromatic heterocycles. The van der Waals surface area contributed by atoms with Crippen LogP contribution in [0.5, 0.6) is 0 Å². The van der Waals surface area contributed by atoms with Gasteiger partial charge in [-0.1, -0.05) is 29.8 Å². The Labute approximate surface area is 172 Å². The first kappa shape index (κ1) is 20.7. The molecule has 0 bridgehead atoms. The lowest BCUT2D eigenvalue weighted by atomic mass is 10.2. The van der Waals surface area contributed by atoms with E-state index in [1.165, 1.54) is 10.1 Å². The van der Waals surface area contributed by atoms with Crippen LogP contribution in [-0.2, 0) is 20.9 Å². The Morgan fingerprint density at radius 1 is 1.14 bits per heavy atom. The SMILES string of the molecule is Cc1ccc(SCCNC(=O)COC(=O)CCn2c(=O)oc3ccccc32)cc1. The summed E-state index contributed by atoms with van der Waals surface area (Å²) >= 11 is 1.64. The summed E-state index contributed by atoms with van der Waals surface area (Å²) in [5.41, 5.74) is 2.29. The number of para-hydroxylation sites is 2. The topological polar surface area (TPSA) is 90.5 Å². The highest BCUT2D eigenvalue weighted by molar-refractivity contribution is 7.99. The maximum absolute atomic E-state index is 11.9. The quantitative estimate of drug-likeness (QED) is 0.329. The van der Waals surface area contributed by atoms with Gasteiger partial charge in [0.1, 0.15) is 0 Å². The molecule has 0 atom stereocenters. The number of carbonyl (C=O) groups excluding carboxylic acids is 2. The predicted molar refractivity (Wildman–Crippen MR) is 111 cm³/mol. The molecule has 0 aliphatic heterocycles. The van der Waals surface area contributed by atoms with Crippen LogP contribution in [0.2, 0.25) is 0 Å². The average Bonchev–Trinajstić information content (AvgIpc) is 3.04. The van der Waals surface area contributed by atoms with Gasteiger partial charge in [0.15, 0.2) is 12.2 Å². The van der Waals surface area contributed by atoms with Crippen molar-refractivity contribution >= 4 is 34.7 Å². The first-order valence-electron chi connectivity index (χ1n) is 9.23. The van der Waals surface area contributed by atoms with Gasteiger partial charge in [-0.05, 0) is 31.2 Å². The zero-order chi connectivity index (χ0) is 20.6. The Hall–Kier alpha value is -3.00. The van der Waals surface area contributed by atoms with Gasteiger partial charge in [0.2, 0.25) is 0 Å². The molecule has 3 rings (SSSR count). The third kappa shape index (κ3) is 5.99. The molecular weight excluding hydrogens is 392 g/mol. The Balaban J connectivity index is 1.34. The maximum Gasteiger partial charge on any atom is 0.419 e. The Morgan fingerprint density at radius 3 is 2.69 bits per heavy atom. The van der Waals surface area contributed by atoms with Crippen LogP contribution in [-0.4, -0.2) is 35.3 Å². The number of hydrogen-bond acceptors (Lipinski definition) is 6. The summed E-state index contributed by atoms with van der Waals surface area (Å²) in [5.74, 6) is -0.706. The van der Waals surface area contributed by atoms with Crippen molar-refractivity contribution in [2.45, 2.75) is 24.8 Å². The third-order valence-electron chi connectivity index (χ3n) is 4.19. The first-order chi connectivity index (χ1) is 14.0. The van der Waals surface area contributed by atoms with E-state index in [1.54, 1.807) is 36.0 Å². The minimum atomic E-state index is -0.550. The van der Waals surface area contributed by atoms with Crippen molar-refractivity contribution in [3.8, 4) is 0 Å². The Kier molecular flexibility index (Phi) is 7.13. The number of esters is 1. The summed E-state index contributed by atoms with van der Waals surface area (Å²) in [4.78, 5) is 36.7. The molecule has 7 nitrogen and oxygen atoms in total. The number of ether oxygens (including phenoxy) is 1. The fraction of sp³-hybridized carbons (Fsp3) is 0.286. The molecule has 3 aromatic rings. The number of benzene rings is 2. The number of nitrogens with zero attached hydrogens (tertiary/aromatic N) is 1. The number of hydrogen-bond donors (Lipinski definition) is 1. The number of rotatable bonds is 9. The van der Waals surface area contributed by atoms with Gasteiger partial charge in [-0.15, -0.1) is 11.8 Å². The molecule has 0 radical (unpaired) electrons. The Bertz CT molecular complexity index is 1040. The third-order valence-corrected chi connectivity index (χ3v) is 5.21. The molecular formula is C21H22N2O5S. The number of nitrogens with one attached hydrogen (secondary N) is 1. The molecule has 0 saturated carbocycles. The second kappa shape index (κ2) is 9.97.